The topological polar surface area (TPSA) is 37.0 Å². The second-order valence-corrected chi connectivity index (χ2v) is 6.29. The predicted molar refractivity (Wildman–Crippen MR) is 95.9 cm³/mol. The highest BCUT2D eigenvalue weighted by Gasteiger charge is 2.10. The number of nitrogens with zero attached hydrogens (tertiary/aromatic N) is 1. The highest BCUT2D eigenvalue weighted by atomic mass is 79.9. The highest BCUT2D eigenvalue weighted by molar-refractivity contribution is 9.10. The first-order chi connectivity index (χ1) is 9.97. The number of rotatable bonds is 3. The molecule has 0 fully saturated rings. The van der Waals surface area contributed by atoms with Gasteiger partial charge in [-0.25, -0.2) is 4.98 Å². The Morgan fingerprint density at radius 1 is 1.33 bits per heavy atom. The van der Waals surface area contributed by atoms with Crippen molar-refractivity contribution < 1.29 is 0 Å². The smallest absolute Gasteiger partial charge is 0.172 e. The lowest BCUT2D eigenvalue weighted by Gasteiger charge is -2.17. The third kappa shape index (κ3) is 4.40. The van der Waals surface area contributed by atoms with Crippen LogP contribution in [0.5, 0.6) is 0 Å². The number of thiocarbonyl (C=S) groups is 1. The molecule has 0 aliphatic rings. The van der Waals surface area contributed by atoms with E-state index in [9.17, 15) is 0 Å². The van der Waals surface area contributed by atoms with Crippen LogP contribution in [0.4, 0.5) is 5.82 Å². The van der Waals surface area contributed by atoms with Crippen LogP contribution in [-0.4, -0.2) is 10.1 Å². The van der Waals surface area contributed by atoms with Crippen molar-refractivity contribution in [3.63, 3.8) is 0 Å². The van der Waals surface area contributed by atoms with Gasteiger partial charge >= 0.3 is 0 Å². The van der Waals surface area contributed by atoms with Gasteiger partial charge in [0.15, 0.2) is 5.11 Å². The molecule has 0 spiro atoms. The number of pyridine rings is 1. The van der Waals surface area contributed by atoms with E-state index in [1.807, 2.05) is 25.1 Å². The molecule has 0 amide bonds. The van der Waals surface area contributed by atoms with Crippen LogP contribution >= 0.6 is 39.7 Å². The van der Waals surface area contributed by atoms with Gasteiger partial charge in [-0.2, -0.15) is 0 Å². The molecule has 2 aromatic rings. The zero-order valence-electron chi connectivity index (χ0n) is 11.7. The van der Waals surface area contributed by atoms with Crippen molar-refractivity contribution in [2.24, 2.45) is 0 Å². The minimum absolute atomic E-state index is 0.110. The molecule has 6 heteroatoms. The Hall–Kier alpha value is -1.17. The van der Waals surface area contributed by atoms with Crippen LogP contribution < -0.4 is 10.6 Å². The summed E-state index contributed by atoms with van der Waals surface area (Å²) < 4.78 is 0.773. The summed E-state index contributed by atoms with van der Waals surface area (Å²) in [5.41, 5.74) is 1.92. The van der Waals surface area contributed by atoms with Crippen LogP contribution in [0.1, 0.15) is 24.2 Å². The Morgan fingerprint density at radius 2 is 2.00 bits per heavy atom. The number of halogens is 2. The fraction of sp³-hybridized carbons (Fsp3) is 0.200. The van der Waals surface area contributed by atoms with E-state index in [1.54, 1.807) is 6.07 Å². The molecule has 2 N–H and O–H groups in total. The van der Waals surface area contributed by atoms with Gasteiger partial charge in [0.2, 0.25) is 0 Å². The summed E-state index contributed by atoms with van der Waals surface area (Å²) in [7, 11) is 0. The first-order valence-electron chi connectivity index (χ1n) is 6.42. The number of hydrogen-bond acceptors (Lipinski definition) is 2. The molecule has 0 radical (unpaired) electrons. The molecule has 0 saturated heterocycles. The zero-order chi connectivity index (χ0) is 15.4. The molecule has 0 aliphatic heterocycles. The van der Waals surface area contributed by atoms with Crippen LogP contribution in [0.15, 0.2) is 40.9 Å². The van der Waals surface area contributed by atoms with Crippen LogP contribution in [0.2, 0.25) is 5.02 Å². The van der Waals surface area contributed by atoms with Gasteiger partial charge in [0, 0.05) is 0 Å². The van der Waals surface area contributed by atoms with Crippen molar-refractivity contribution in [3.8, 4) is 0 Å². The molecule has 0 saturated carbocycles. The van der Waals surface area contributed by atoms with Crippen molar-refractivity contribution in [3.05, 3.63) is 57.2 Å². The first-order valence-corrected chi connectivity index (χ1v) is 8.00. The maximum atomic E-state index is 6.02. The number of nitrogens with one attached hydrogen (secondary N) is 2. The fourth-order valence-electron chi connectivity index (χ4n) is 1.81. The Bertz CT molecular complexity index is 649. The summed E-state index contributed by atoms with van der Waals surface area (Å²) in [4.78, 5) is 4.37. The molecular formula is C15H15BrClN3S. The minimum Gasteiger partial charge on any atom is -0.356 e. The normalized spacial score (nSPS) is 11.8. The zero-order valence-corrected chi connectivity index (χ0v) is 14.8. The van der Waals surface area contributed by atoms with Gasteiger partial charge in [0.25, 0.3) is 0 Å². The fourth-order valence-corrected chi connectivity index (χ4v) is 2.78. The number of aryl methyl sites for hydroxylation is 1. The maximum Gasteiger partial charge on any atom is 0.172 e. The largest absolute Gasteiger partial charge is 0.356 e. The van der Waals surface area contributed by atoms with Crippen molar-refractivity contribution in [1.82, 2.24) is 10.3 Å². The molecule has 110 valence electrons. The standard InChI is InChI=1S/C15H15BrClN3S/c1-9(11-6-4-3-5-7-11)19-15(21)20-14-12(16)8-13(17)10(2)18-14/h3-9H,1-2H3,(H2,18,19,20,21)/t9-/m1/s1. The van der Waals surface area contributed by atoms with Crippen molar-refractivity contribution in [1.29, 1.82) is 0 Å². The van der Waals surface area contributed by atoms with E-state index in [0.717, 1.165) is 10.2 Å². The van der Waals surface area contributed by atoms with Gasteiger partial charge in [-0.3, -0.25) is 0 Å². The average Bonchev–Trinajstić information content (AvgIpc) is 2.45. The van der Waals surface area contributed by atoms with Crippen LogP contribution in [-0.2, 0) is 0 Å². The van der Waals surface area contributed by atoms with E-state index in [-0.39, 0.29) is 6.04 Å². The second kappa shape index (κ2) is 7.20. The third-order valence-electron chi connectivity index (χ3n) is 2.98. The molecule has 0 bridgehead atoms. The van der Waals surface area contributed by atoms with Gasteiger partial charge in [-0.15, -0.1) is 0 Å². The molecule has 0 unspecified atom stereocenters. The van der Waals surface area contributed by atoms with E-state index in [1.165, 1.54) is 5.56 Å². The summed E-state index contributed by atoms with van der Waals surface area (Å²) in [5.74, 6) is 0.648. The SMILES string of the molecule is Cc1nc(NC(=S)N[C@H](C)c2ccccc2)c(Br)cc1Cl. The Balaban J connectivity index is 2.04. The number of anilines is 1. The lowest BCUT2D eigenvalue weighted by atomic mass is 10.1. The summed E-state index contributed by atoms with van der Waals surface area (Å²) >= 11 is 14.8. The summed E-state index contributed by atoms with van der Waals surface area (Å²) in [6.45, 7) is 3.90. The average molecular weight is 385 g/mol. The molecule has 0 aliphatic carbocycles. The van der Waals surface area contributed by atoms with Gasteiger partial charge < -0.3 is 10.6 Å². The predicted octanol–water partition coefficient (Wildman–Crippen LogP) is 4.85. The van der Waals surface area contributed by atoms with E-state index < -0.39 is 0 Å². The highest BCUT2D eigenvalue weighted by Crippen LogP contribution is 2.26. The van der Waals surface area contributed by atoms with Crippen LogP contribution in [0.25, 0.3) is 0 Å². The Morgan fingerprint density at radius 3 is 2.67 bits per heavy atom. The maximum absolute atomic E-state index is 6.02. The molecule has 2 rings (SSSR count). The lowest BCUT2D eigenvalue weighted by Crippen LogP contribution is -2.31. The molecule has 21 heavy (non-hydrogen) atoms. The molecule has 1 heterocycles. The molecule has 1 aromatic heterocycles. The van der Waals surface area contributed by atoms with Crippen molar-refractivity contribution in [2.45, 2.75) is 19.9 Å². The van der Waals surface area contributed by atoms with Gasteiger partial charge in [0.1, 0.15) is 5.82 Å². The molecule has 1 atom stereocenters. The Kier molecular flexibility index (Phi) is 5.56. The molecule has 1 aromatic carbocycles. The molecule has 3 nitrogen and oxygen atoms in total. The molecular weight excluding hydrogens is 370 g/mol. The lowest BCUT2D eigenvalue weighted by molar-refractivity contribution is 0.722. The third-order valence-corrected chi connectivity index (χ3v) is 4.19. The Labute approximate surface area is 143 Å². The van der Waals surface area contributed by atoms with E-state index in [2.05, 4.69) is 50.6 Å². The van der Waals surface area contributed by atoms with Gasteiger partial charge in [-0.05, 0) is 53.6 Å². The summed E-state index contributed by atoms with van der Waals surface area (Å²) in [6, 6.07) is 12.0. The second-order valence-electron chi connectivity index (χ2n) is 4.62. The van der Waals surface area contributed by atoms with Crippen LogP contribution in [0, 0.1) is 6.92 Å². The first kappa shape index (κ1) is 16.2. The van der Waals surface area contributed by atoms with Crippen molar-refractivity contribution in [2.75, 3.05) is 5.32 Å². The van der Waals surface area contributed by atoms with Gasteiger partial charge in [-0.1, -0.05) is 41.9 Å². The summed E-state index contributed by atoms with van der Waals surface area (Å²) in [5, 5.41) is 7.44. The van der Waals surface area contributed by atoms with E-state index >= 15 is 0 Å². The summed E-state index contributed by atoms with van der Waals surface area (Å²) in [6.07, 6.45) is 0. The van der Waals surface area contributed by atoms with E-state index in [4.69, 9.17) is 23.8 Å². The monoisotopic (exact) mass is 383 g/mol. The number of aromatic nitrogens is 1. The quantitative estimate of drug-likeness (QED) is 0.742. The number of hydrogen-bond donors (Lipinski definition) is 2. The van der Waals surface area contributed by atoms with Crippen molar-refractivity contribution >= 4 is 50.7 Å². The number of benzene rings is 1. The van der Waals surface area contributed by atoms with E-state index in [0.29, 0.717) is 16.0 Å². The van der Waals surface area contributed by atoms with Gasteiger partial charge in [0.05, 0.1) is 21.2 Å². The minimum atomic E-state index is 0.110. The van der Waals surface area contributed by atoms with Crippen LogP contribution in [0.3, 0.4) is 0 Å².